The van der Waals surface area contributed by atoms with Gasteiger partial charge in [0.1, 0.15) is 11.4 Å². The van der Waals surface area contributed by atoms with Crippen LogP contribution in [-0.4, -0.2) is 24.1 Å². The molecule has 1 aromatic carbocycles. The zero-order valence-electron chi connectivity index (χ0n) is 15.2. The van der Waals surface area contributed by atoms with Crippen LogP contribution in [0.5, 0.6) is 5.75 Å². The van der Waals surface area contributed by atoms with Gasteiger partial charge in [-0.2, -0.15) is 0 Å². The second-order valence-corrected chi connectivity index (χ2v) is 6.42. The lowest BCUT2D eigenvalue weighted by Gasteiger charge is -2.20. The van der Waals surface area contributed by atoms with Crippen molar-refractivity contribution in [3.63, 3.8) is 0 Å². The lowest BCUT2D eigenvalue weighted by atomic mass is 9.91. The number of nitrogens with one attached hydrogen (secondary N) is 1. The van der Waals surface area contributed by atoms with Crippen molar-refractivity contribution in [1.82, 2.24) is 0 Å². The summed E-state index contributed by atoms with van der Waals surface area (Å²) >= 11 is 0. The molecular formula is C19H25NO4. The third-order valence-electron chi connectivity index (χ3n) is 4.40. The topological polar surface area (TPSA) is 64.6 Å². The number of hydrogen-bond donors (Lipinski definition) is 1. The van der Waals surface area contributed by atoms with Crippen molar-refractivity contribution in [1.29, 1.82) is 0 Å². The fourth-order valence-electron chi connectivity index (χ4n) is 3.05. The van der Waals surface area contributed by atoms with Crippen molar-refractivity contribution in [3.05, 3.63) is 34.4 Å². The molecular weight excluding hydrogens is 306 g/mol. The molecule has 0 aliphatic carbocycles. The summed E-state index contributed by atoms with van der Waals surface area (Å²) in [7, 11) is 0. The van der Waals surface area contributed by atoms with Gasteiger partial charge in [-0.25, -0.2) is 4.79 Å². The molecule has 0 bridgehead atoms. The van der Waals surface area contributed by atoms with Crippen LogP contribution in [0.15, 0.2) is 12.2 Å². The van der Waals surface area contributed by atoms with E-state index in [2.05, 4.69) is 5.32 Å². The molecule has 0 aromatic heterocycles. The predicted molar refractivity (Wildman–Crippen MR) is 93.5 cm³/mol. The van der Waals surface area contributed by atoms with Crippen LogP contribution in [0.1, 0.15) is 43.0 Å². The molecule has 5 heteroatoms. The van der Waals surface area contributed by atoms with E-state index in [9.17, 15) is 9.59 Å². The minimum atomic E-state index is -0.605. The molecule has 1 amide bonds. The van der Waals surface area contributed by atoms with Gasteiger partial charge < -0.3 is 14.8 Å². The van der Waals surface area contributed by atoms with Crippen LogP contribution in [0.2, 0.25) is 0 Å². The number of carbonyl (C=O) groups excluding carboxylic acids is 2. The van der Waals surface area contributed by atoms with Crippen LogP contribution in [-0.2, 0) is 20.7 Å². The van der Waals surface area contributed by atoms with Gasteiger partial charge in [0, 0.05) is 30.7 Å². The first kappa shape index (κ1) is 18.0. The summed E-state index contributed by atoms with van der Waals surface area (Å²) in [5.41, 5.74) is 4.33. The smallest absolute Gasteiger partial charge is 0.330 e. The Balaban J connectivity index is 2.38. The highest BCUT2D eigenvalue weighted by molar-refractivity contribution is 5.91. The van der Waals surface area contributed by atoms with Gasteiger partial charge in [0.05, 0.1) is 6.61 Å². The number of carbonyl (C=O) groups is 2. The van der Waals surface area contributed by atoms with Crippen LogP contribution in [0.3, 0.4) is 0 Å². The Morgan fingerprint density at radius 1 is 1.25 bits per heavy atom. The van der Waals surface area contributed by atoms with Crippen LogP contribution in [0.25, 0.3) is 0 Å². The summed E-state index contributed by atoms with van der Waals surface area (Å²) in [5.74, 6) is 0.376. The highest BCUT2D eigenvalue weighted by Gasteiger charge is 2.36. The van der Waals surface area contributed by atoms with Crippen LogP contribution in [0.4, 0.5) is 5.69 Å². The molecule has 1 atom stereocenters. The summed E-state index contributed by atoms with van der Waals surface area (Å²) in [4.78, 5) is 23.1. The number of esters is 1. The normalized spacial score (nSPS) is 19.1. The largest absolute Gasteiger partial charge is 0.483 e. The standard InChI is InChI=1S/C19H25NO4/c1-7-23-16(22)8-9-19(6)10-15-13(4)17(20-14(5)21)11(2)12(3)18(15)24-19/h8-9H,7,10H2,1-6H3,(H,20,21)/b9-8+. The molecule has 5 nitrogen and oxygen atoms in total. The Bertz CT molecular complexity index is 721. The van der Waals surface area contributed by atoms with Gasteiger partial charge in [0.25, 0.3) is 0 Å². The molecule has 0 radical (unpaired) electrons. The van der Waals surface area contributed by atoms with Crippen molar-refractivity contribution >= 4 is 17.6 Å². The molecule has 2 rings (SSSR count). The second kappa shape index (κ2) is 6.67. The molecule has 0 fully saturated rings. The highest BCUT2D eigenvalue weighted by atomic mass is 16.5. The maximum atomic E-state index is 11.6. The van der Waals surface area contributed by atoms with E-state index in [-0.39, 0.29) is 11.9 Å². The lowest BCUT2D eigenvalue weighted by molar-refractivity contribution is -0.137. The summed E-state index contributed by atoms with van der Waals surface area (Å²) < 4.78 is 11.1. The van der Waals surface area contributed by atoms with Crippen molar-refractivity contribution < 1.29 is 19.1 Å². The number of anilines is 1. The minimum absolute atomic E-state index is 0.0931. The number of fused-ring (bicyclic) bond motifs is 1. The maximum Gasteiger partial charge on any atom is 0.330 e. The van der Waals surface area contributed by atoms with Crippen molar-refractivity contribution in [3.8, 4) is 5.75 Å². The molecule has 1 unspecified atom stereocenters. The van der Waals surface area contributed by atoms with Gasteiger partial charge >= 0.3 is 5.97 Å². The first-order valence-corrected chi connectivity index (χ1v) is 8.13. The molecule has 1 heterocycles. The molecule has 1 aliphatic heterocycles. The third-order valence-corrected chi connectivity index (χ3v) is 4.40. The number of benzene rings is 1. The SMILES string of the molecule is CCOC(=O)/C=C/C1(C)Cc2c(C)c(NC(C)=O)c(C)c(C)c2O1. The first-order valence-electron chi connectivity index (χ1n) is 8.13. The van der Waals surface area contributed by atoms with Gasteiger partial charge in [-0.1, -0.05) is 0 Å². The monoisotopic (exact) mass is 331 g/mol. The van der Waals surface area contributed by atoms with E-state index in [1.54, 1.807) is 13.0 Å². The van der Waals surface area contributed by atoms with Gasteiger partial charge in [-0.3, -0.25) is 4.79 Å². The van der Waals surface area contributed by atoms with E-state index in [1.807, 2.05) is 27.7 Å². The quantitative estimate of drug-likeness (QED) is 0.678. The summed E-state index contributed by atoms with van der Waals surface area (Å²) in [5, 5.41) is 2.92. The van der Waals surface area contributed by atoms with E-state index in [4.69, 9.17) is 9.47 Å². The van der Waals surface area contributed by atoms with Gasteiger partial charge in [0.2, 0.25) is 5.91 Å². The Morgan fingerprint density at radius 3 is 2.50 bits per heavy atom. The van der Waals surface area contributed by atoms with E-state index in [0.29, 0.717) is 13.0 Å². The fourth-order valence-corrected chi connectivity index (χ4v) is 3.05. The van der Waals surface area contributed by atoms with Crippen molar-refractivity contribution in [2.45, 2.75) is 53.6 Å². The molecule has 0 saturated heterocycles. The minimum Gasteiger partial charge on any atom is -0.483 e. The average molecular weight is 331 g/mol. The Kier molecular flexibility index (Phi) is 5.02. The molecule has 24 heavy (non-hydrogen) atoms. The van der Waals surface area contributed by atoms with Crippen molar-refractivity contribution in [2.24, 2.45) is 0 Å². The lowest BCUT2D eigenvalue weighted by Crippen LogP contribution is -2.27. The van der Waals surface area contributed by atoms with Gasteiger partial charge in [-0.05, 0) is 57.4 Å². The Hall–Kier alpha value is -2.30. The molecule has 0 saturated carbocycles. The number of rotatable bonds is 4. The second-order valence-electron chi connectivity index (χ2n) is 6.42. The van der Waals surface area contributed by atoms with E-state index in [1.165, 1.54) is 13.0 Å². The zero-order chi connectivity index (χ0) is 18.1. The fraction of sp³-hybridized carbons (Fsp3) is 0.474. The van der Waals surface area contributed by atoms with Crippen LogP contribution >= 0.6 is 0 Å². The summed E-state index contributed by atoms with van der Waals surface area (Å²) in [6.45, 7) is 11.5. The number of ether oxygens (including phenoxy) is 2. The van der Waals surface area contributed by atoms with E-state index in [0.717, 1.165) is 33.7 Å². The molecule has 1 N–H and O–H groups in total. The molecule has 1 aromatic rings. The van der Waals surface area contributed by atoms with Crippen LogP contribution in [0, 0.1) is 20.8 Å². The highest BCUT2D eigenvalue weighted by Crippen LogP contribution is 2.44. The summed E-state index contributed by atoms with van der Waals surface area (Å²) in [6.07, 6.45) is 3.80. The number of hydrogen-bond acceptors (Lipinski definition) is 4. The van der Waals surface area contributed by atoms with E-state index < -0.39 is 5.60 Å². The number of amides is 1. The average Bonchev–Trinajstić information content (AvgIpc) is 2.86. The van der Waals surface area contributed by atoms with E-state index >= 15 is 0 Å². The maximum absolute atomic E-state index is 11.6. The van der Waals surface area contributed by atoms with Crippen molar-refractivity contribution in [2.75, 3.05) is 11.9 Å². The van der Waals surface area contributed by atoms with Gasteiger partial charge in [-0.15, -0.1) is 0 Å². The molecule has 1 aliphatic rings. The third kappa shape index (κ3) is 3.45. The first-order chi connectivity index (χ1) is 11.2. The molecule has 0 spiro atoms. The summed E-state index contributed by atoms with van der Waals surface area (Å²) in [6, 6.07) is 0. The predicted octanol–water partition coefficient (Wildman–Crippen LogP) is 3.38. The Morgan fingerprint density at radius 2 is 1.92 bits per heavy atom. The van der Waals surface area contributed by atoms with Gasteiger partial charge in [0.15, 0.2) is 0 Å². The van der Waals surface area contributed by atoms with Crippen LogP contribution < -0.4 is 10.1 Å². The Labute approximate surface area is 143 Å². The zero-order valence-corrected chi connectivity index (χ0v) is 15.2. The molecule has 130 valence electrons.